The van der Waals surface area contributed by atoms with Crippen LogP contribution in [0.1, 0.15) is 10.4 Å². The van der Waals surface area contributed by atoms with Gasteiger partial charge in [-0.2, -0.15) is 0 Å². The van der Waals surface area contributed by atoms with E-state index in [-0.39, 0.29) is 21.6 Å². The first-order chi connectivity index (χ1) is 8.97. The lowest BCUT2D eigenvalue weighted by Gasteiger charge is -2.07. The number of halogens is 4. The number of carbonyl (C=O) groups excluding carboxylic acids is 1. The van der Waals surface area contributed by atoms with Gasteiger partial charge in [-0.1, -0.05) is 23.2 Å². The fourth-order valence-electron chi connectivity index (χ4n) is 1.28. The molecule has 0 unspecified atom stereocenters. The number of aromatic nitrogens is 2. The van der Waals surface area contributed by atoms with Crippen molar-refractivity contribution in [3.05, 3.63) is 50.7 Å². The molecule has 8 heteroatoms. The number of anilines is 1. The standard InChI is InChI=1S/C11H5BrCl2FN3O/c12-5-1-8(10(14)16-3-5)18-11(19)7-2-6(15)4-17-9(7)13/h1-4H,(H,18,19). The third kappa shape index (κ3) is 3.40. The number of nitrogens with one attached hydrogen (secondary N) is 1. The van der Waals surface area contributed by atoms with E-state index in [1.54, 1.807) is 6.07 Å². The molecule has 1 amide bonds. The van der Waals surface area contributed by atoms with Crippen LogP contribution in [0.2, 0.25) is 10.3 Å². The van der Waals surface area contributed by atoms with E-state index in [1.165, 1.54) is 6.20 Å². The normalized spacial score (nSPS) is 10.3. The Morgan fingerprint density at radius 1 is 1.21 bits per heavy atom. The van der Waals surface area contributed by atoms with E-state index in [2.05, 4.69) is 31.2 Å². The number of hydrogen-bond acceptors (Lipinski definition) is 3. The van der Waals surface area contributed by atoms with E-state index in [0.717, 1.165) is 12.3 Å². The van der Waals surface area contributed by atoms with Crippen molar-refractivity contribution in [2.24, 2.45) is 0 Å². The molecule has 2 aromatic heterocycles. The summed E-state index contributed by atoms with van der Waals surface area (Å²) >= 11 is 14.8. The van der Waals surface area contributed by atoms with Crippen LogP contribution in [0.3, 0.4) is 0 Å². The summed E-state index contributed by atoms with van der Waals surface area (Å²) in [5, 5.41) is 2.49. The van der Waals surface area contributed by atoms with Crippen molar-refractivity contribution in [3.8, 4) is 0 Å². The first-order valence-corrected chi connectivity index (χ1v) is 6.45. The maximum Gasteiger partial charge on any atom is 0.258 e. The molecule has 0 aliphatic carbocycles. The molecule has 0 saturated heterocycles. The lowest BCUT2D eigenvalue weighted by atomic mass is 10.2. The molecule has 0 aliphatic heterocycles. The van der Waals surface area contributed by atoms with Crippen molar-refractivity contribution >= 4 is 50.7 Å². The Labute approximate surface area is 126 Å². The molecule has 0 spiro atoms. The van der Waals surface area contributed by atoms with E-state index in [1.807, 2.05) is 0 Å². The van der Waals surface area contributed by atoms with Gasteiger partial charge in [0.2, 0.25) is 0 Å². The molecule has 0 radical (unpaired) electrons. The molecule has 2 heterocycles. The minimum absolute atomic E-state index is 0.0855. The van der Waals surface area contributed by atoms with Gasteiger partial charge in [0.05, 0.1) is 17.4 Å². The maximum absolute atomic E-state index is 13.0. The van der Waals surface area contributed by atoms with Crippen LogP contribution in [0.5, 0.6) is 0 Å². The van der Waals surface area contributed by atoms with Crippen LogP contribution < -0.4 is 5.32 Å². The smallest absolute Gasteiger partial charge is 0.258 e. The fraction of sp³-hybridized carbons (Fsp3) is 0. The van der Waals surface area contributed by atoms with Gasteiger partial charge in [0, 0.05) is 10.7 Å². The highest BCUT2D eigenvalue weighted by Crippen LogP contribution is 2.24. The van der Waals surface area contributed by atoms with E-state index >= 15 is 0 Å². The van der Waals surface area contributed by atoms with Gasteiger partial charge in [0.15, 0.2) is 5.15 Å². The predicted molar refractivity (Wildman–Crippen MR) is 74.1 cm³/mol. The van der Waals surface area contributed by atoms with E-state index < -0.39 is 11.7 Å². The second kappa shape index (κ2) is 5.81. The summed E-state index contributed by atoms with van der Waals surface area (Å²) in [5.74, 6) is -1.29. The summed E-state index contributed by atoms with van der Waals surface area (Å²) in [5.41, 5.74) is 0.194. The molecule has 0 saturated carbocycles. The lowest BCUT2D eigenvalue weighted by Crippen LogP contribution is -2.14. The number of pyridine rings is 2. The first-order valence-electron chi connectivity index (χ1n) is 4.91. The van der Waals surface area contributed by atoms with Crippen LogP contribution in [0.15, 0.2) is 29.0 Å². The minimum Gasteiger partial charge on any atom is -0.319 e. The number of nitrogens with zero attached hydrogens (tertiary/aromatic N) is 2. The molecule has 0 fully saturated rings. The van der Waals surface area contributed by atoms with Crippen molar-refractivity contribution in [1.29, 1.82) is 0 Å². The summed E-state index contributed by atoms with van der Waals surface area (Å²) in [6.07, 6.45) is 2.40. The van der Waals surface area contributed by atoms with Gasteiger partial charge in [-0.25, -0.2) is 14.4 Å². The van der Waals surface area contributed by atoms with Gasteiger partial charge in [-0.15, -0.1) is 0 Å². The minimum atomic E-state index is -0.659. The van der Waals surface area contributed by atoms with Crippen molar-refractivity contribution < 1.29 is 9.18 Å². The van der Waals surface area contributed by atoms with Crippen molar-refractivity contribution in [2.75, 3.05) is 5.32 Å². The van der Waals surface area contributed by atoms with Gasteiger partial charge in [-0.3, -0.25) is 4.79 Å². The molecule has 0 aromatic carbocycles. The van der Waals surface area contributed by atoms with Gasteiger partial charge < -0.3 is 5.32 Å². The summed E-state index contributed by atoms with van der Waals surface area (Å²) < 4.78 is 13.7. The zero-order valence-corrected chi connectivity index (χ0v) is 12.2. The zero-order chi connectivity index (χ0) is 14.0. The summed E-state index contributed by atoms with van der Waals surface area (Å²) in [6, 6.07) is 2.55. The fourth-order valence-corrected chi connectivity index (χ4v) is 1.95. The van der Waals surface area contributed by atoms with E-state index in [4.69, 9.17) is 23.2 Å². The second-order valence-corrected chi connectivity index (χ2v) is 5.07. The lowest BCUT2D eigenvalue weighted by molar-refractivity contribution is 0.102. The van der Waals surface area contributed by atoms with Crippen LogP contribution in [0.25, 0.3) is 0 Å². The average Bonchev–Trinajstić information content (AvgIpc) is 2.36. The number of rotatable bonds is 2. The highest BCUT2D eigenvalue weighted by molar-refractivity contribution is 9.10. The Bertz CT molecular complexity index is 654. The zero-order valence-electron chi connectivity index (χ0n) is 9.12. The Balaban J connectivity index is 2.30. The van der Waals surface area contributed by atoms with Crippen LogP contribution in [0, 0.1) is 5.82 Å². The third-order valence-electron chi connectivity index (χ3n) is 2.10. The van der Waals surface area contributed by atoms with Crippen LogP contribution >= 0.6 is 39.1 Å². The summed E-state index contributed by atoms with van der Waals surface area (Å²) in [6.45, 7) is 0. The molecule has 0 aliphatic rings. The highest BCUT2D eigenvalue weighted by atomic mass is 79.9. The molecule has 4 nitrogen and oxygen atoms in total. The summed E-state index contributed by atoms with van der Waals surface area (Å²) in [4.78, 5) is 19.3. The number of carbonyl (C=O) groups is 1. The van der Waals surface area contributed by atoms with Gasteiger partial charge >= 0.3 is 0 Å². The molecule has 1 N–H and O–H groups in total. The largest absolute Gasteiger partial charge is 0.319 e. The van der Waals surface area contributed by atoms with Crippen molar-refractivity contribution in [3.63, 3.8) is 0 Å². The Morgan fingerprint density at radius 3 is 2.63 bits per heavy atom. The van der Waals surface area contributed by atoms with Crippen molar-refractivity contribution in [2.45, 2.75) is 0 Å². The molecule has 0 atom stereocenters. The molecule has 2 rings (SSSR count). The molecule has 0 bridgehead atoms. The molecule has 19 heavy (non-hydrogen) atoms. The van der Waals surface area contributed by atoms with Crippen molar-refractivity contribution in [1.82, 2.24) is 9.97 Å². The molecular formula is C11H5BrCl2FN3O. The van der Waals surface area contributed by atoms with Gasteiger partial charge in [0.25, 0.3) is 5.91 Å². The molecule has 98 valence electrons. The predicted octanol–water partition coefficient (Wildman–Crippen LogP) is 3.94. The molecular weight excluding hydrogens is 360 g/mol. The summed E-state index contributed by atoms with van der Waals surface area (Å²) in [7, 11) is 0. The van der Waals surface area contributed by atoms with Crippen LogP contribution in [-0.4, -0.2) is 15.9 Å². The highest BCUT2D eigenvalue weighted by Gasteiger charge is 2.14. The number of hydrogen-bond donors (Lipinski definition) is 1. The van der Waals surface area contributed by atoms with Gasteiger partial charge in [0.1, 0.15) is 11.0 Å². The Hall–Kier alpha value is -1.24. The SMILES string of the molecule is O=C(Nc1cc(Br)cnc1Cl)c1cc(F)cnc1Cl. The maximum atomic E-state index is 13.0. The quantitative estimate of drug-likeness (QED) is 0.821. The van der Waals surface area contributed by atoms with E-state index in [9.17, 15) is 9.18 Å². The van der Waals surface area contributed by atoms with Crippen LogP contribution in [-0.2, 0) is 0 Å². The van der Waals surface area contributed by atoms with Gasteiger partial charge in [-0.05, 0) is 28.1 Å². The third-order valence-corrected chi connectivity index (χ3v) is 3.14. The first kappa shape index (κ1) is 14.2. The Morgan fingerprint density at radius 2 is 1.89 bits per heavy atom. The topological polar surface area (TPSA) is 54.9 Å². The average molecular weight is 365 g/mol. The Kier molecular flexibility index (Phi) is 4.34. The second-order valence-electron chi connectivity index (χ2n) is 3.44. The van der Waals surface area contributed by atoms with E-state index in [0.29, 0.717) is 4.47 Å². The molecule has 2 aromatic rings. The number of amides is 1. The van der Waals surface area contributed by atoms with Crippen LogP contribution in [0.4, 0.5) is 10.1 Å². The monoisotopic (exact) mass is 363 g/mol.